The van der Waals surface area contributed by atoms with Gasteiger partial charge in [-0.3, -0.25) is 0 Å². The smallest absolute Gasteiger partial charge is 0.395 e. The van der Waals surface area contributed by atoms with E-state index in [1.807, 2.05) is 13.8 Å². The molecule has 0 bridgehead atoms. The number of hydrogen-bond acceptors (Lipinski definition) is 4. The first-order valence-electron chi connectivity index (χ1n) is 6.42. The van der Waals surface area contributed by atoms with E-state index in [1.165, 1.54) is 0 Å². The van der Waals surface area contributed by atoms with Crippen LogP contribution in [0.3, 0.4) is 0 Å². The number of aliphatic hydroxyl groups excluding tert-OH is 1. The summed E-state index contributed by atoms with van der Waals surface area (Å²) in [5, 5.41) is 12.0. The van der Waals surface area contributed by atoms with Crippen molar-refractivity contribution in [2.24, 2.45) is 0 Å². The molecule has 4 nitrogen and oxygen atoms in total. The second-order valence-corrected chi connectivity index (χ2v) is 4.82. The highest BCUT2D eigenvalue weighted by Crippen LogP contribution is 2.20. The number of hydrogen-bond donors (Lipinski definition) is 2. The van der Waals surface area contributed by atoms with Crippen LogP contribution in [0.25, 0.3) is 0 Å². The third-order valence-electron chi connectivity index (χ3n) is 2.59. The van der Waals surface area contributed by atoms with E-state index in [9.17, 15) is 13.2 Å². The van der Waals surface area contributed by atoms with Crippen LogP contribution < -0.4 is 10.2 Å². The van der Waals surface area contributed by atoms with E-state index in [0.29, 0.717) is 12.6 Å². The summed E-state index contributed by atoms with van der Waals surface area (Å²) in [6.45, 7) is 3.06. The number of nitrogens with zero attached hydrogens (tertiary/aromatic N) is 2. The van der Waals surface area contributed by atoms with Crippen LogP contribution in [-0.4, -0.2) is 42.0 Å². The molecule has 0 unspecified atom stereocenters. The highest BCUT2D eigenvalue weighted by atomic mass is 19.4. The van der Waals surface area contributed by atoms with Crippen LogP contribution in [0, 0.1) is 0 Å². The molecule has 20 heavy (non-hydrogen) atoms. The summed E-state index contributed by atoms with van der Waals surface area (Å²) in [7, 11) is 0. The van der Waals surface area contributed by atoms with E-state index >= 15 is 0 Å². The molecule has 1 rings (SSSR count). The van der Waals surface area contributed by atoms with Crippen LogP contribution in [0.15, 0.2) is 18.3 Å². The Morgan fingerprint density at radius 1 is 1.35 bits per heavy atom. The zero-order chi connectivity index (χ0) is 15.2. The van der Waals surface area contributed by atoms with E-state index in [1.54, 1.807) is 18.3 Å². The van der Waals surface area contributed by atoms with Crippen molar-refractivity contribution in [2.75, 3.05) is 24.6 Å². The monoisotopic (exact) mass is 291 g/mol. The van der Waals surface area contributed by atoms with Crippen LogP contribution in [-0.2, 0) is 6.54 Å². The average Bonchev–Trinajstić information content (AvgIpc) is 2.35. The Balaban J connectivity index is 2.72. The Morgan fingerprint density at radius 2 is 2.05 bits per heavy atom. The molecule has 114 valence electrons. The molecule has 2 N–H and O–H groups in total. The maximum absolute atomic E-state index is 12.4. The standard InChI is InChI=1S/C13H20F3N3O/c1-10(2)17-7-11-3-4-12(18-8-11)19(5-6-20)9-13(14,15)16/h3-4,8,10,17,20H,5-7,9H2,1-2H3. The Hall–Kier alpha value is -1.34. The molecule has 0 radical (unpaired) electrons. The van der Waals surface area contributed by atoms with Crippen molar-refractivity contribution >= 4 is 5.82 Å². The number of aliphatic hydroxyl groups is 1. The molecule has 0 spiro atoms. The van der Waals surface area contributed by atoms with Gasteiger partial charge >= 0.3 is 6.18 Å². The number of alkyl halides is 3. The number of rotatable bonds is 7. The molecule has 1 aromatic heterocycles. The zero-order valence-electron chi connectivity index (χ0n) is 11.6. The third kappa shape index (κ3) is 6.21. The summed E-state index contributed by atoms with van der Waals surface area (Å²) in [6.07, 6.45) is -2.78. The minimum Gasteiger partial charge on any atom is -0.395 e. The van der Waals surface area contributed by atoms with Gasteiger partial charge in [0.15, 0.2) is 0 Å². The fraction of sp³-hybridized carbons (Fsp3) is 0.615. The van der Waals surface area contributed by atoms with Gasteiger partial charge in [-0.2, -0.15) is 13.2 Å². The Bertz CT molecular complexity index is 393. The Morgan fingerprint density at radius 3 is 2.50 bits per heavy atom. The molecule has 0 aliphatic rings. The minimum atomic E-state index is -4.32. The van der Waals surface area contributed by atoms with E-state index in [4.69, 9.17) is 5.11 Å². The van der Waals surface area contributed by atoms with Gasteiger partial charge in [0.1, 0.15) is 12.4 Å². The molecule has 0 saturated carbocycles. The number of aromatic nitrogens is 1. The van der Waals surface area contributed by atoms with Crippen molar-refractivity contribution in [3.8, 4) is 0 Å². The van der Waals surface area contributed by atoms with Crippen molar-refractivity contribution in [3.63, 3.8) is 0 Å². The number of halogens is 3. The molecule has 0 saturated heterocycles. The highest BCUT2D eigenvalue weighted by Gasteiger charge is 2.31. The van der Waals surface area contributed by atoms with E-state index in [-0.39, 0.29) is 19.0 Å². The normalized spacial score (nSPS) is 11.9. The molecule has 7 heteroatoms. The van der Waals surface area contributed by atoms with Gasteiger partial charge < -0.3 is 15.3 Å². The molecule has 0 aliphatic carbocycles. The van der Waals surface area contributed by atoms with Gasteiger partial charge in [0.25, 0.3) is 0 Å². The van der Waals surface area contributed by atoms with Gasteiger partial charge in [-0.05, 0) is 11.6 Å². The summed E-state index contributed by atoms with van der Waals surface area (Å²) in [5.41, 5.74) is 0.901. The minimum absolute atomic E-state index is 0.101. The van der Waals surface area contributed by atoms with E-state index in [0.717, 1.165) is 10.5 Å². The molecular formula is C13H20F3N3O. The van der Waals surface area contributed by atoms with Crippen molar-refractivity contribution in [1.82, 2.24) is 10.3 Å². The van der Waals surface area contributed by atoms with E-state index in [2.05, 4.69) is 10.3 Å². The molecule has 1 heterocycles. The highest BCUT2D eigenvalue weighted by molar-refractivity contribution is 5.39. The van der Waals surface area contributed by atoms with Crippen molar-refractivity contribution in [2.45, 2.75) is 32.6 Å². The van der Waals surface area contributed by atoms with Crippen LogP contribution >= 0.6 is 0 Å². The first kappa shape index (κ1) is 16.7. The van der Waals surface area contributed by atoms with Crippen LogP contribution in [0.4, 0.5) is 19.0 Å². The molecule has 0 amide bonds. The lowest BCUT2D eigenvalue weighted by Crippen LogP contribution is -2.36. The van der Waals surface area contributed by atoms with Crippen LogP contribution in [0.2, 0.25) is 0 Å². The molecule has 0 aromatic carbocycles. The van der Waals surface area contributed by atoms with Gasteiger partial charge in [-0.15, -0.1) is 0 Å². The van der Waals surface area contributed by atoms with Crippen molar-refractivity contribution in [3.05, 3.63) is 23.9 Å². The average molecular weight is 291 g/mol. The predicted octanol–water partition coefficient (Wildman–Crippen LogP) is 1.94. The Kier molecular flexibility index (Phi) is 6.22. The van der Waals surface area contributed by atoms with Crippen LogP contribution in [0.5, 0.6) is 0 Å². The molecule has 1 aromatic rings. The summed E-state index contributed by atoms with van der Waals surface area (Å²) >= 11 is 0. The largest absolute Gasteiger partial charge is 0.405 e. The lowest BCUT2D eigenvalue weighted by molar-refractivity contribution is -0.120. The molecule has 0 atom stereocenters. The topological polar surface area (TPSA) is 48.4 Å². The predicted molar refractivity (Wildman–Crippen MR) is 71.6 cm³/mol. The molecule has 0 aliphatic heterocycles. The quantitative estimate of drug-likeness (QED) is 0.806. The maximum atomic E-state index is 12.4. The van der Waals surface area contributed by atoms with Gasteiger partial charge in [-0.25, -0.2) is 4.98 Å². The molecule has 0 fully saturated rings. The number of pyridine rings is 1. The van der Waals surface area contributed by atoms with Gasteiger partial charge in [0, 0.05) is 25.3 Å². The fourth-order valence-electron chi connectivity index (χ4n) is 1.64. The first-order chi connectivity index (χ1) is 9.31. The van der Waals surface area contributed by atoms with Crippen molar-refractivity contribution < 1.29 is 18.3 Å². The first-order valence-corrected chi connectivity index (χ1v) is 6.42. The van der Waals surface area contributed by atoms with E-state index < -0.39 is 12.7 Å². The van der Waals surface area contributed by atoms with Gasteiger partial charge in [0.05, 0.1) is 6.61 Å². The SMILES string of the molecule is CC(C)NCc1ccc(N(CCO)CC(F)(F)F)nc1. The van der Waals surface area contributed by atoms with Gasteiger partial charge in [0.2, 0.25) is 0 Å². The van der Waals surface area contributed by atoms with Crippen LogP contribution in [0.1, 0.15) is 19.4 Å². The summed E-state index contributed by atoms with van der Waals surface area (Å²) in [4.78, 5) is 5.05. The fourth-order valence-corrected chi connectivity index (χ4v) is 1.64. The second kappa shape index (κ2) is 7.44. The summed E-state index contributed by atoms with van der Waals surface area (Å²) in [6, 6.07) is 3.60. The number of nitrogens with one attached hydrogen (secondary N) is 1. The van der Waals surface area contributed by atoms with Crippen molar-refractivity contribution in [1.29, 1.82) is 0 Å². The zero-order valence-corrected chi connectivity index (χ0v) is 11.6. The summed E-state index contributed by atoms with van der Waals surface area (Å²) in [5.74, 6) is 0.213. The maximum Gasteiger partial charge on any atom is 0.405 e. The lowest BCUT2D eigenvalue weighted by atomic mass is 10.2. The third-order valence-corrected chi connectivity index (χ3v) is 2.59. The molecular weight excluding hydrogens is 271 g/mol. The van der Waals surface area contributed by atoms with Gasteiger partial charge in [-0.1, -0.05) is 19.9 Å². The second-order valence-electron chi connectivity index (χ2n) is 4.82. The Labute approximate surface area is 116 Å². The number of anilines is 1. The summed E-state index contributed by atoms with van der Waals surface area (Å²) < 4.78 is 37.3. The lowest BCUT2D eigenvalue weighted by Gasteiger charge is -2.24.